The van der Waals surface area contributed by atoms with Crippen LogP contribution in [-0.4, -0.2) is 24.2 Å². The monoisotopic (exact) mass is 452 g/mol. The van der Waals surface area contributed by atoms with Crippen molar-refractivity contribution in [3.8, 4) is 12.1 Å². The lowest BCUT2D eigenvalue weighted by Gasteiger charge is -2.23. The van der Waals surface area contributed by atoms with E-state index < -0.39 is 53.8 Å². The number of halogens is 6. The van der Waals surface area contributed by atoms with E-state index >= 15 is 0 Å². The Morgan fingerprint density at radius 3 is 2.19 bits per heavy atom. The lowest BCUT2D eigenvalue weighted by molar-refractivity contribution is -0.156. The van der Waals surface area contributed by atoms with Crippen molar-refractivity contribution in [1.29, 1.82) is 10.5 Å². The van der Waals surface area contributed by atoms with Gasteiger partial charge in [0.15, 0.2) is 0 Å². The summed E-state index contributed by atoms with van der Waals surface area (Å²) < 4.78 is 80.7. The first-order chi connectivity index (χ1) is 14.9. The van der Waals surface area contributed by atoms with Gasteiger partial charge >= 0.3 is 12.4 Å². The molecule has 1 unspecified atom stereocenters. The van der Waals surface area contributed by atoms with Crippen LogP contribution in [0.15, 0.2) is 42.5 Å². The number of carbonyl (C=O) groups is 1. The van der Waals surface area contributed by atoms with Crippen molar-refractivity contribution in [3.63, 3.8) is 0 Å². The van der Waals surface area contributed by atoms with Crippen molar-refractivity contribution in [2.75, 3.05) is 5.32 Å². The first-order valence-corrected chi connectivity index (χ1v) is 9.19. The van der Waals surface area contributed by atoms with Crippen molar-refractivity contribution in [2.24, 2.45) is 0 Å². The Balaban J connectivity index is 1.88. The number of alkyl halides is 6. The van der Waals surface area contributed by atoms with Gasteiger partial charge in [0.2, 0.25) is 5.91 Å². The molecule has 5 nitrogen and oxygen atoms in total. The highest BCUT2D eigenvalue weighted by molar-refractivity contribution is 5.95. The van der Waals surface area contributed by atoms with Gasteiger partial charge in [-0.2, -0.15) is 36.9 Å². The number of carbonyl (C=O) groups excluding carboxylic acids is 1. The van der Waals surface area contributed by atoms with Crippen LogP contribution < -0.4 is 10.6 Å². The zero-order valence-corrected chi connectivity index (χ0v) is 16.1. The lowest BCUT2D eigenvalue weighted by atomic mass is 9.88. The van der Waals surface area contributed by atoms with Crippen molar-refractivity contribution in [1.82, 2.24) is 5.32 Å². The number of benzene rings is 2. The van der Waals surface area contributed by atoms with Crippen molar-refractivity contribution in [2.45, 2.75) is 36.8 Å². The molecule has 3 rings (SSSR count). The SMILES string of the molecule is N#Cc1ccc(NC(=O)[C@@H]2CC(c3ccc(C#N)c(C(F)(F)F)c3)[C@@H](C(F)(F)F)N2)cc1. The number of nitrogens with one attached hydrogen (secondary N) is 2. The molecule has 1 saturated heterocycles. The average molecular weight is 452 g/mol. The van der Waals surface area contributed by atoms with E-state index in [1.54, 1.807) is 0 Å². The molecule has 0 bridgehead atoms. The number of amides is 1. The average Bonchev–Trinajstić information content (AvgIpc) is 3.19. The fourth-order valence-electron chi connectivity index (χ4n) is 3.61. The molecule has 1 fully saturated rings. The molecule has 32 heavy (non-hydrogen) atoms. The molecule has 0 aliphatic carbocycles. The molecule has 0 spiro atoms. The minimum Gasteiger partial charge on any atom is -0.325 e. The molecule has 0 radical (unpaired) electrons. The second-order valence-corrected chi connectivity index (χ2v) is 7.17. The molecule has 0 saturated carbocycles. The maximum atomic E-state index is 13.6. The molecule has 2 aromatic rings. The molecule has 2 aromatic carbocycles. The second kappa shape index (κ2) is 8.52. The third-order valence-electron chi connectivity index (χ3n) is 5.12. The third-order valence-corrected chi connectivity index (χ3v) is 5.12. The van der Waals surface area contributed by atoms with Crippen LogP contribution in [-0.2, 0) is 11.0 Å². The smallest absolute Gasteiger partial charge is 0.325 e. The Morgan fingerprint density at radius 2 is 1.66 bits per heavy atom. The van der Waals surface area contributed by atoms with Crippen LogP contribution in [0, 0.1) is 22.7 Å². The van der Waals surface area contributed by atoms with Gasteiger partial charge in [0.05, 0.1) is 34.9 Å². The number of rotatable bonds is 3. The van der Waals surface area contributed by atoms with Crippen molar-refractivity contribution >= 4 is 11.6 Å². The standard InChI is InChI=1S/C21H14F6N4O/c22-20(23,24)16-7-12(3-4-13(16)10-29)15-8-17(31-18(15)21(25,26)27)19(32)30-14-5-1-11(9-28)2-6-14/h1-7,15,17-18,31H,8H2,(H,30,32)/t15?,17-,18-/m0/s1. The summed E-state index contributed by atoms with van der Waals surface area (Å²) in [5.74, 6) is -2.27. The van der Waals surface area contributed by atoms with Gasteiger partial charge in [-0.1, -0.05) is 6.07 Å². The highest BCUT2D eigenvalue weighted by atomic mass is 19.4. The summed E-state index contributed by atoms with van der Waals surface area (Å²) in [4.78, 5) is 12.5. The van der Waals surface area contributed by atoms with Gasteiger partial charge < -0.3 is 5.32 Å². The Bertz CT molecular complexity index is 1100. The summed E-state index contributed by atoms with van der Waals surface area (Å²) in [6.07, 6.45) is -10.2. The molecule has 11 heteroatoms. The van der Waals surface area contributed by atoms with E-state index in [0.29, 0.717) is 11.6 Å². The topological polar surface area (TPSA) is 88.7 Å². The lowest BCUT2D eigenvalue weighted by Crippen LogP contribution is -2.46. The fraction of sp³-hybridized carbons (Fsp3) is 0.286. The molecular formula is C21H14F6N4O. The minimum absolute atomic E-state index is 0.250. The number of hydrogen-bond acceptors (Lipinski definition) is 4. The Kier molecular flexibility index (Phi) is 6.15. The van der Waals surface area contributed by atoms with Crippen LogP contribution in [0.2, 0.25) is 0 Å². The highest BCUT2D eigenvalue weighted by Gasteiger charge is 2.52. The normalized spacial score (nSPS) is 20.9. The molecule has 1 heterocycles. The summed E-state index contributed by atoms with van der Waals surface area (Å²) in [6.45, 7) is 0. The fourth-order valence-corrected chi connectivity index (χ4v) is 3.61. The molecule has 1 amide bonds. The number of hydrogen-bond donors (Lipinski definition) is 2. The summed E-state index contributed by atoms with van der Waals surface area (Å²) in [5, 5.41) is 22.3. The first-order valence-electron chi connectivity index (χ1n) is 9.19. The van der Waals surface area contributed by atoms with Gasteiger partial charge in [0, 0.05) is 11.6 Å². The van der Waals surface area contributed by atoms with Crippen LogP contribution >= 0.6 is 0 Å². The van der Waals surface area contributed by atoms with E-state index in [1.165, 1.54) is 30.3 Å². The van der Waals surface area contributed by atoms with Gasteiger partial charge in [-0.25, -0.2) is 0 Å². The van der Waals surface area contributed by atoms with Gasteiger partial charge in [-0.15, -0.1) is 0 Å². The van der Waals surface area contributed by atoms with E-state index in [4.69, 9.17) is 10.5 Å². The predicted octanol–water partition coefficient (Wildman–Crippen LogP) is 4.46. The van der Waals surface area contributed by atoms with Gasteiger partial charge in [0.25, 0.3) is 0 Å². The van der Waals surface area contributed by atoms with E-state index in [0.717, 1.165) is 12.1 Å². The zero-order valence-electron chi connectivity index (χ0n) is 16.1. The van der Waals surface area contributed by atoms with Crippen LogP contribution in [0.5, 0.6) is 0 Å². The Morgan fingerprint density at radius 1 is 1.00 bits per heavy atom. The quantitative estimate of drug-likeness (QED) is 0.673. The maximum Gasteiger partial charge on any atom is 0.417 e. The summed E-state index contributed by atoms with van der Waals surface area (Å²) >= 11 is 0. The van der Waals surface area contributed by atoms with E-state index in [-0.39, 0.29) is 11.3 Å². The summed E-state index contributed by atoms with van der Waals surface area (Å²) in [6, 6.07) is 7.71. The predicted molar refractivity (Wildman–Crippen MR) is 100 cm³/mol. The van der Waals surface area contributed by atoms with Crippen LogP contribution in [0.3, 0.4) is 0 Å². The van der Waals surface area contributed by atoms with E-state index in [1.807, 2.05) is 6.07 Å². The van der Waals surface area contributed by atoms with Crippen molar-refractivity contribution in [3.05, 3.63) is 64.7 Å². The number of nitrogens with zero attached hydrogens (tertiary/aromatic N) is 2. The second-order valence-electron chi connectivity index (χ2n) is 7.17. The van der Waals surface area contributed by atoms with Gasteiger partial charge in [0.1, 0.15) is 6.04 Å². The number of anilines is 1. The maximum absolute atomic E-state index is 13.6. The van der Waals surface area contributed by atoms with Crippen LogP contribution in [0.25, 0.3) is 0 Å². The molecular weight excluding hydrogens is 438 g/mol. The van der Waals surface area contributed by atoms with Crippen LogP contribution in [0.4, 0.5) is 32.0 Å². The molecule has 0 aromatic heterocycles. The Labute approximate surface area is 178 Å². The van der Waals surface area contributed by atoms with Gasteiger partial charge in [-0.05, 0) is 48.4 Å². The van der Waals surface area contributed by atoms with Crippen LogP contribution in [0.1, 0.15) is 34.6 Å². The Hall–Kier alpha value is -3.57. The molecule has 2 N–H and O–H groups in total. The number of nitriles is 2. The van der Waals surface area contributed by atoms with E-state index in [9.17, 15) is 31.1 Å². The largest absolute Gasteiger partial charge is 0.417 e. The molecule has 1 aliphatic heterocycles. The first kappa shape index (κ1) is 23.1. The summed E-state index contributed by atoms with van der Waals surface area (Å²) in [5.41, 5.74) is -1.74. The zero-order chi connectivity index (χ0) is 23.7. The molecule has 3 atom stereocenters. The summed E-state index contributed by atoms with van der Waals surface area (Å²) in [7, 11) is 0. The molecule has 1 aliphatic rings. The van der Waals surface area contributed by atoms with Crippen molar-refractivity contribution < 1.29 is 31.1 Å². The highest BCUT2D eigenvalue weighted by Crippen LogP contribution is 2.42. The van der Waals surface area contributed by atoms with Gasteiger partial charge in [-0.3, -0.25) is 10.1 Å². The third kappa shape index (κ3) is 4.84. The molecule has 166 valence electrons. The van der Waals surface area contributed by atoms with E-state index in [2.05, 4.69) is 10.6 Å². The minimum atomic E-state index is -4.92.